The lowest BCUT2D eigenvalue weighted by Crippen LogP contribution is -2.15. The Morgan fingerprint density at radius 1 is 1.55 bits per heavy atom. The van der Waals surface area contributed by atoms with Gasteiger partial charge >= 0.3 is 0 Å². The maximum Gasteiger partial charge on any atom is 0.170 e. The number of rotatable bonds is 5. The van der Waals surface area contributed by atoms with Crippen LogP contribution in [0.3, 0.4) is 0 Å². The number of hydrogen-bond acceptors (Lipinski definition) is 6. The molecule has 0 unspecified atom stereocenters. The molecule has 20 heavy (non-hydrogen) atoms. The van der Waals surface area contributed by atoms with Crippen LogP contribution in [-0.4, -0.2) is 20.4 Å². The van der Waals surface area contributed by atoms with Crippen LogP contribution in [0.5, 0.6) is 0 Å². The highest BCUT2D eigenvalue weighted by Gasteiger charge is 2.11. The van der Waals surface area contributed by atoms with Gasteiger partial charge in [0.05, 0.1) is 0 Å². The van der Waals surface area contributed by atoms with E-state index in [0.29, 0.717) is 11.3 Å². The maximum absolute atomic E-state index is 13.2. The van der Waals surface area contributed by atoms with Gasteiger partial charge in [0.1, 0.15) is 11.6 Å². The number of thioether (sulfide) groups is 1. The van der Waals surface area contributed by atoms with Gasteiger partial charge < -0.3 is 10.9 Å². The molecule has 8 heteroatoms. The Hall–Kier alpha value is -1.67. The summed E-state index contributed by atoms with van der Waals surface area (Å²) in [6.07, 6.45) is 0.795. The van der Waals surface area contributed by atoms with Crippen molar-refractivity contribution in [2.24, 2.45) is 10.9 Å². The Morgan fingerprint density at radius 2 is 2.35 bits per heavy atom. The molecule has 0 atom stereocenters. The van der Waals surface area contributed by atoms with E-state index in [2.05, 4.69) is 14.5 Å². The van der Waals surface area contributed by atoms with E-state index >= 15 is 0 Å². The van der Waals surface area contributed by atoms with Gasteiger partial charge in [0.2, 0.25) is 0 Å². The fourth-order valence-electron chi connectivity index (χ4n) is 1.55. The zero-order valence-corrected chi connectivity index (χ0v) is 12.3. The summed E-state index contributed by atoms with van der Waals surface area (Å²) in [6, 6.07) is 4.22. The number of amidine groups is 1. The molecule has 0 bridgehead atoms. The van der Waals surface area contributed by atoms with Crippen molar-refractivity contribution in [3.63, 3.8) is 0 Å². The Kier molecular flexibility index (Phi) is 4.91. The molecule has 2 aromatic rings. The van der Waals surface area contributed by atoms with E-state index in [1.165, 1.54) is 35.4 Å². The minimum absolute atomic E-state index is 0.105. The summed E-state index contributed by atoms with van der Waals surface area (Å²) in [5.74, 6) is 0.828. The van der Waals surface area contributed by atoms with E-state index in [1.54, 1.807) is 6.07 Å². The van der Waals surface area contributed by atoms with Gasteiger partial charge in [-0.15, -0.1) is 0 Å². The predicted molar refractivity (Wildman–Crippen MR) is 77.8 cm³/mol. The Morgan fingerprint density at radius 3 is 3.00 bits per heavy atom. The fraction of sp³-hybridized carbons (Fsp3) is 0.250. The molecule has 0 radical (unpaired) electrons. The maximum atomic E-state index is 13.2. The number of aryl methyl sites for hydroxylation is 1. The average molecular weight is 312 g/mol. The number of nitrogens with zero attached hydrogens (tertiary/aromatic N) is 3. The van der Waals surface area contributed by atoms with Gasteiger partial charge in [-0.05, 0) is 29.2 Å². The van der Waals surface area contributed by atoms with Crippen molar-refractivity contribution < 1.29 is 9.60 Å². The minimum Gasteiger partial charge on any atom is -0.409 e. The second-order valence-corrected chi connectivity index (χ2v) is 5.88. The largest absolute Gasteiger partial charge is 0.409 e. The summed E-state index contributed by atoms with van der Waals surface area (Å²) in [5, 5.41) is 11.7. The third-order valence-electron chi connectivity index (χ3n) is 2.57. The standard InChI is InChI=1S/C12H13FN4OS2/c1-2-10-15-12(20-17-10)19-6-7-3-4-8(13)5-9(7)11(14)16-18/h3-5,18H,2,6H2,1H3,(H2,14,16). The molecule has 0 fully saturated rings. The number of benzene rings is 1. The van der Waals surface area contributed by atoms with Gasteiger partial charge in [-0.2, -0.15) is 4.37 Å². The van der Waals surface area contributed by atoms with Crippen molar-refractivity contribution in [2.75, 3.05) is 0 Å². The van der Waals surface area contributed by atoms with Crippen LogP contribution in [0.25, 0.3) is 0 Å². The molecule has 0 saturated heterocycles. The molecule has 106 valence electrons. The molecular formula is C12H13FN4OS2. The second-order valence-electron chi connectivity index (χ2n) is 3.91. The average Bonchev–Trinajstić information content (AvgIpc) is 2.93. The molecule has 0 spiro atoms. The number of halogens is 1. The van der Waals surface area contributed by atoms with E-state index in [-0.39, 0.29) is 5.84 Å². The Balaban J connectivity index is 2.16. The summed E-state index contributed by atoms with van der Waals surface area (Å²) in [7, 11) is 0. The quantitative estimate of drug-likeness (QED) is 0.291. The first kappa shape index (κ1) is 14.7. The molecule has 2 rings (SSSR count). The molecule has 3 N–H and O–H groups in total. The van der Waals surface area contributed by atoms with E-state index in [9.17, 15) is 4.39 Å². The highest BCUT2D eigenvalue weighted by Crippen LogP contribution is 2.26. The van der Waals surface area contributed by atoms with Crippen molar-refractivity contribution in [1.82, 2.24) is 9.36 Å². The molecule has 0 amide bonds. The van der Waals surface area contributed by atoms with Crippen molar-refractivity contribution in [3.05, 3.63) is 41.0 Å². The first-order chi connectivity index (χ1) is 9.63. The topological polar surface area (TPSA) is 84.4 Å². The smallest absolute Gasteiger partial charge is 0.170 e. The Labute approximate surface area is 123 Å². The summed E-state index contributed by atoms with van der Waals surface area (Å²) in [4.78, 5) is 4.34. The second kappa shape index (κ2) is 6.67. The summed E-state index contributed by atoms with van der Waals surface area (Å²) >= 11 is 2.82. The van der Waals surface area contributed by atoms with Crippen LogP contribution in [0.15, 0.2) is 27.7 Å². The number of nitrogens with two attached hydrogens (primary N) is 1. The molecular weight excluding hydrogens is 299 g/mol. The zero-order valence-electron chi connectivity index (χ0n) is 10.7. The third kappa shape index (κ3) is 3.45. The molecule has 1 aromatic carbocycles. The molecule has 0 aliphatic carbocycles. The van der Waals surface area contributed by atoms with Crippen LogP contribution in [0, 0.1) is 5.82 Å². The van der Waals surface area contributed by atoms with Crippen molar-refractivity contribution >= 4 is 29.1 Å². The Bertz CT molecular complexity index is 630. The van der Waals surface area contributed by atoms with Gasteiger partial charge in [0, 0.05) is 17.7 Å². The van der Waals surface area contributed by atoms with E-state index in [0.717, 1.165) is 22.1 Å². The minimum atomic E-state index is -0.426. The third-order valence-corrected chi connectivity index (χ3v) is 4.49. The van der Waals surface area contributed by atoms with E-state index < -0.39 is 5.82 Å². The van der Waals surface area contributed by atoms with E-state index in [4.69, 9.17) is 10.9 Å². The fourth-order valence-corrected chi connectivity index (χ4v) is 3.25. The monoisotopic (exact) mass is 312 g/mol. The van der Waals surface area contributed by atoms with Crippen LogP contribution in [0.1, 0.15) is 23.9 Å². The van der Waals surface area contributed by atoms with Crippen molar-refractivity contribution in [1.29, 1.82) is 0 Å². The van der Waals surface area contributed by atoms with Crippen LogP contribution in [0.4, 0.5) is 4.39 Å². The molecule has 1 heterocycles. The normalized spacial score (nSPS) is 11.8. The van der Waals surface area contributed by atoms with E-state index in [1.807, 2.05) is 6.92 Å². The summed E-state index contributed by atoms with van der Waals surface area (Å²) < 4.78 is 18.3. The molecule has 0 aliphatic heterocycles. The zero-order chi connectivity index (χ0) is 14.5. The van der Waals surface area contributed by atoms with Gasteiger partial charge in [0.25, 0.3) is 0 Å². The van der Waals surface area contributed by atoms with Crippen molar-refractivity contribution in [2.45, 2.75) is 23.4 Å². The molecule has 0 saturated carbocycles. The van der Waals surface area contributed by atoms with Crippen LogP contribution >= 0.6 is 23.3 Å². The van der Waals surface area contributed by atoms with Gasteiger partial charge in [0.15, 0.2) is 10.2 Å². The van der Waals surface area contributed by atoms with Crippen LogP contribution in [-0.2, 0) is 12.2 Å². The lowest BCUT2D eigenvalue weighted by Gasteiger charge is -2.07. The summed E-state index contributed by atoms with van der Waals surface area (Å²) in [5.41, 5.74) is 6.72. The number of oxime groups is 1. The van der Waals surface area contributed by atoms with Crippen LogP contribution in [0.2, 0.25) is 0 Å². The first-order valence-electron chi connectivity index (χ1n) is 5.85. The molecule has 0 aliphatic rings. The van der Waals surface area contributed by atoms with Crippen LogP contribution < -0.4 is 5.73 Å². The van der Waals surface area contributed by atoms with Crippen molar-refractivity contribution in [3.8, 4) is 0 Å². The highest BCUT2D eigenvalue weighted by atomic mass is 32.2. The van der Waals surface area contributed by atoms with Gasteiger partial charge in [-0.25, -0.2) is 9.37 Å². The first-order valence-corrected chi connectivity index (χ1v) is 7.61. The SMILES string of the molecule is CCc1nsc(SCc2ccc(F)cc2/C(N)=N/O)n1. The summed E-state index contributed by atoms with van der Waals surface area (Å²) in [6.45, 7) is 1.99. The highest BCUT2D eigenvalue weighted by molar-refractivity contribution is 8.00. The predicted octanol–water partition coefficient (Wildman–Crippen LogP) is 2.63. The molecule has 5 nitrogen and oxygen atoms in total. The lowest BCUT2D eigenvalue weighted by molar-refractivity contribution is 0.318. The lowest BCUT2D eigenvalue weighted by atomic mass is 10.1. The number of aromatic nitrogens is 2. The molecule has 1 aromatic heterocycles. The van der Waals surface area contributed by atoms with Gasteiger partial charge in [-0.3, -0.25) is 0 Å². The number of hydrogen-bond donors (Lipinski definition) is 2. The van der Waals surface area contributed by atoms with Gasteiger partial charge in [-0.1, -0.05) is 29.9 Å².